The van der Waals surface area contributed by atoms with Crippen LogP contribution in [-0.4, -0.2) is 92.1 Å². The average molecular weight is 608 g/mol. The maximum Gasteiger partial charge on any atom is 0.253 e. The van der Waals surface area contributed by atoms with Crippen LogP contribution in [0.5, 0.6) is 0 Å². The van der Waals surface area contributed by atoms with Gasteiger partial charge in [0.05, 0.1) is 11.5 Å². The molecular weight excluding hydrogens is 558 g/mol. The first-order valence-electron chi connectivity index (χ1n) is 14.6. The Balaban J connectivity index is 0.000000828. The van der Waals surface area contributed by atoms with Crippen LogP contribution < -0.4 is 22.4 Å². The second-order valence-corrected chi connectivity index (χ2v) is 10.9. The molecule has 0 bridgehead atoms. The summed E-state index contributed by atoms with van der Waals surface area (Å²) in [6.45, 7) is 9.26. The summed E-state index contributed by atoms with van der Waals surface area (Å²) in [7, 11) is 6.86. The van der Waals surface area contributed by atoms with Gasteiger partial charge in [0.1, 0.15) is 11.9 Å². The summed E-state index contributed by atoms with van der Waals surface area (Å²) in [5.74, 6) is 5.63. The van der Waals surface area contributed by atoms with Crippen molar-refractivity contribution in [1.82, 2.24) is 25.6 Å². The number of hydrazone groups is 1. The van der Waals surface area contributed by atoms with E-state index >= 15 is 0 Å². The summed E-state index contributed by atoms with van der Waals surface area (Å²) < 4.78 is 0. The van der Waals surface area contributed by atoms with Gasteiger partial charge in [-0.25, -0.2) is 11.4 Å². The molecule has 0 aliphatic heterocycles. The topological polar surface area (TPSA) is 173 Å². The van der Waals surface area contributed by atoms with Crippen molar-refractivity contribution >= 4 is 24.1 Å². The maximum absolute atomic E-state index is 12.4. The van der Waals surface area contributed by atoms with Crippen LogP contribution in [0.15, 0.2) is 53.6 Å². The van der Waals surface area contributed by atoms with E-state index in [1.54, 1.807) is 59.4 Å². The molecule has 0 heterocycles. The Labute approximate surface area is 262 Å². The van der Waals surface area contributed by atoms with Gasteiger partial charge in [-0.2, -0.15) is 10.4 Å². The Morgan fingerprint density at radius 1 is 0.955 bits per heavy atom. The zero-order valence-corrected chi connectivity index (χ0v) is 27.3. The lowest BCUT2D eigenvalue weighted by Crippen LogP contribution is -2.48. The number of hydrazine groups is 1. The van der Waals surface area contributed by atoms with E-state index in [0.29, 0.717) is 24.1 Å². The van der Waals surface area contributed by atoms with Gasteiger partial charge in [-0.1, -0.05) is 38.1 Å². The third kappa shape index (κ3) is 9.79. The van der Waals surface area contributed by atoms with Gasteiger partial charge in [0.2, 0.25) is 6.41 Å². The number of carbonyl (C=O) groups is 3. The summed E-state index contributed by atoms with van der Waals surface area (Å²) in [6, 6.07) is 16.5. The average Bonchev–Trinajstić information content (AvgIpc) is 3.02. The first kappa shape index (κ1) is 37.6. The number of hydrogen-bond donors (Lipinski definition) is 4. The second-order valence-electron chi connectivity index (χ2n) is 10.9. The number of nitrogens with zero attached hydrogens (tertiary/aromatic N) is 5. The van der Waals surface area contributed by atoms with Crippen molar-refractivity contribution < 1.29 is 14.4 Å². The summed E-state index contributed by atoms with van der Waals surface area (Å²) >= 11 is 0. The smallest absolute Gasteiger partial charge is 0.253 e. The highest BCUT2D eigenvalue weighted by atomic mass is 16.2. The van der Waals surface area contributed by atoms with Gasteiger partial charge in [-0.3, -0.25) is 14.4 Å². The highest BCUT2D eigenvalue weighted by molar-refractivity contribution is 5.98. The molecule has 0 aromatic heterocycles. The normalized spacial score (nSPS) is 12.5. The van der Waals surface area contributed by atoms with Crippen molar-refractivity contribution in [3.63, 3.8) is 0 Å². The summed E-state index contributed by atoms with van der Waals surface area (Å²) in [5.41, 5.74) is 10.9. The number of nitrogens with two attached hydrogens (primary N) is 2. The van der Waals surface area contributed by atoms with Gasteiger partial charge in [0.15, 0.2) is 0 Å². The van der Waals surface area contributed by atoms with Gasteiger partial charge < -0.3 is 25.8 Å². The number of hydrogen-bond acceptors (Lipinski definition) is 8. The van der Waals surface area contributed by atoms with Crippen molar-refractivity contribution in [2.75, 3.05) is 41.3 Å². The first-order valence-corrected chi connectivity index (χ1v) is 14.6. The van der Waals surface area contributed by atoms with E-state index in [1.165, 1.54) is 14.7 Å². The minimum atomic E-state index is -0.868. The maximum atomic E-state index is 12.4. The van der Waals surface area contributed by atoms with Crippen LogP contribution in [0.25, 0.3) is 0 Å². The Morgan fingerprint density at radius 2 is 1.41 bits per heavy atom. The first-order chi connectivity index (χ1) is 20.8. The number of nitriles is 1. The highest BCUT2D eigenvalue weighted by Crippen LogP contribution is 2.38. The molecule has 12 nitrogen and oxygen atoms in total. The van der Waals surface area contributed by atoms with Gasteiger partial charge in [0.25, 0.3) is 11.8 Å². The predicted molar refractivity (Wildman–Crippen MR) is 175 cm³/mol. The van der Waals surface area contributed by atoms with Gasteiger partial charge >= 0.3 is 0 Å². The lowest BCUT2D eigenvalue weighted by atomic mass is 9.69. The van der Waals surface area contributed by atoms with Crippen LogP contribution >= 0.6 is 0 Å². The van der Waals surface area contributed by atoms with Gasteiger partial charge in [-0.05, 0) is 68.6 Å². The standard InChI is InChI=1S/C25H37N7O2.C7H12N2O/c1-7-28-17(2)16-25(24(26)29-30-27,20-12-8-18(9-13-20)22(33)31(3)4)21-14-10-19(11-15-21)23(34)32(5)6;1-3-4-9(6-10)7(2)5-8/h8-15,17,28,30H,7,16,27H2,1-6H3,(H2,26,29);6-7H,3-4H2,1-2H3/t;7-/m.0/s1. The highest BCUT2D eigenvalue weighted by Gasteiger charge is 2.40. The summed E-state index contributed by atoms with van der Waals surface area (Å²) in [4.78, 5) is 39.7. The number of amidine groups is 1. The number of carbonyl (C=O) groups excluding carboxylic acids is 3. The fraction of sp³-hybridized carbons (Fsp3) is 0.469. The predicted octanol–water partition coefficient (Wildman–Crippen LogP) is 2.27. The number of benzene rings is 2. The Hall–Kier alpha value is -4.47. The van der Waals surface area contributed by atoms with E-state index in [1.807, 2.05) is 44.2 Å². The molecule has 1 unspecified atom stereocenters. The lowest BCUT2D eigenvalue weighted by Gasteiger charge is -2.37. The summed E-state index contributed by atoms with van der Waals surface area (Å²) in [5, 5.41) is 16.0. The molecule has 2 aromatic carbocycles. The van der Waals surface area contributed by atoms with Crippen LogP contribution in [0.4, 0.5) is 0 Å². The third-order valence-corrected chi connectivity index (χ3v) is 7.15. The molecule has 44 heavy (non-hydrogen) atoms. The van der Waals surface area contributed by atoms with E-state index in [4.69, 9.17) is 16.8 Å². The largest absolute Gasteiger partial charge is 0.385 e. The zero-order valence-electron chi connectivity index (χ0n) is 27.3. The fourth-order valence-electron chi connectivity index (χ4n) is 4.83. The molecule has 240 valence electrons. The van der Waals surface area contributed by atoms with Crippen LogP contribution in [0, 0.1) is 11.3 Å². The molecular formula is C32H49N9O3. The van der Waals surface area contributed by atoms with E-state index in [0.717, 1.165) is 30.5 Å². The van der Waals surface area contributed by atoms with E-state index in [9.17, 15) is 14.4 Å². The van der Waals surface area contributed by atoms with Crippen molar-refractivity contribution in [3.05, 3.63) is 70.8 Å². The van der Waals surface area contributed by atoms with Crippen LogP contribution in [0.2, 0.25) is 0 Å². The molecule has 0 aliphatic carbocycles. The quantitative estimate of drug-likeness (QED) is 0.0832. The minimum absolute atomic E-state index is 0.0719. The molecule has 3 amide bonds. The van der Waals surface area contributed by atoms with Crippen LogP contribution in [-0.2, 0) is 10.2 Å². The molecule has 0 fully saturated rings. The SMILES string of the molecule is CCCN(C=O)[C@@H](C)C#N.CCNC(C)CC(/C(N)=N/NN)(c1ccc(C(=O)N(C)C)cc1)c1ccc(C(=O)N(C)C)cc1. The number of rotatable bonds is 14. The van der Waals surface area contributed by atoms with Crippen molar-refractivity contribution in [1.29, 1.82) is 5.26 Å². The lowest BCUT2D eigenvalue weighted by molar-refractivity contribution is -0.119. The third-order valence-electron chi connectivity index (χ3n) is 7.15. The van der Waals surface area contributed by atoms with Crippen molar-refractivity contribution in [2.45, 2.75) is 58.0 Å². The molecule has 0 saturated carbocycles. The molecule has 0 spiro atoms. The molecule has 0 aliphatic rings. The van der Waals surface area contributed by atoms with E-state index in [-0.39, 0.29) is 29.7 Å². The molecule has 2 rings (SSSR count). The fourth-order valence-corrected chi connectivity index (χ4v) is 4.83. The second kappa shape index (κ2) is 18.3. The van der Waals surface area contributed by atoms with E-state index in [2.05, 4.69) is 22.9 Å². The van der Waals surface area contributed by atoms with Gasteiger partial charge in [0, 0.05) is 51.9 Å². The number of amides is 3. The molecule has 12 heteroatoms. The zero-order chi connectivity index (χ0) is 33.4. The molecule has 2 atom stereocenters. The minimum Gasteiger partial charge on any atom is -0.385 e. The Bertz CT molecular complexity index is 1210. The van der Waals surface area contributed by atoms with Crippen molar-refractivity contribution in [2.24, 2.45) is 16.7 Å². The van der Waals surface area contributed by atoms with Crippen LogP contribution in [0.1, 0.15) is 72.4 Å². The molecule has 0 radical (unpaired) electrons. The molecule has 2 aromatic rings. The monoisotopic (exact) mass is 607 g/mol. The number of nitrogens with one attached hydrogen (secondary N) is 2. The Morgan fingerprint density at radius 3 is 1.73 bits per heavy atom. The van der Waals surface area contributed by atoms with E-state index < -0.39 is 5.41 Å². The molecule has 6 N–H and O–H groups in total. The van der Waals surface area contributed by atoms with Crippen molar-refractivity contribution in [3.8, 4) is 6.07 Å². The Kier molecular flexibility index (Phi) is 15.6. The van der Waals surface area contributed by atoms with Crippen LogP contribution in [0.3, 0.4) is 0 Å². The summed E-state index contributed by atoms with van der Waals surface area (Å²) in [6.07, 6.45) is 2.18. The molecule has 0 saturated heterocycles. The van der Waals surface area contributed by atoms with Gasteiger partial charge in [-0.15, -0.1) is 0 Å².